The molecule has 0 radical (unpaired) electrons. The molecule has 2 N–H and O–H groups in total. The summed E-state index contributed by atoms with van der Waals surface area (Å²) in [5.74, 6) is 1.56. The van der Waals surface area contributed by atoms with Crippen molar-refractivity contribution < 1.29 is 9.47 Å². The Labute approximate surface area is 123 Å². The molecule has 1 heterocycles. The van der Waals surface area contributed by atoms with Crippen LogP contribution in [0.25, 0.3) is 10.9 Å². The summed E-state index contributed by atoms with van der Waals surface area (Å²) in [6, 6.07) is 14.1. The maximum Gasteiger partial charge on any atom is 0.145 e. The lowest BCUT2D eigenvalue weighted by molar-refractivity contribution is 0.395. The Morgan fingerprint density at radius 2 is 1.95 bits per heavy atom. The van der Waals surface area contributed by atoms with Gasteiger partial charge in [-0.3, -0.25) is 0 Å². The second-order valence-electron chi connectivity index (χ2n) is 4.78. The Kier molecular flexibility index (Phi) is 3.69. The van der Waals surface area contributed by atoms with Gasteiger partial charge >= 0.3 is 0 Å². The van der Waals surface area contributed by atoms with E-state index in [-0.39, 0.29) is 0 Å². The molecule has 108 valence electrons. The van der Waals surface area contributed by atoms with Gasteiger partial charge in [0.15, 0.2) is 0 Å². The van der Waals surface area contributed by atoms with Crippen molar-refractivity contribution in [3.63, 3.8) is 0 Å². The molecule has 0 aliphatic carbocycles. The van der Waals surface area contributed by atoms with Gasteiger partial charge in [0.2, 0.25) is 0 Å². The molecule has 2 aromatic carbocycles. The van der Waals surface area contributed by atoms with Gasteiger partial charge in [-0.15, -0.1) is 0 Å². The third-order valence-electron chi connectivity index (χ3n) is 3.56. The molecule has 3 aromatic rings. The number of hydrogen-bond donors (Lipinski definition) is 2. The van der Waals surface area contributed by atoms with E-state index in [1.54, 1.807) is 14.2 Å². The zero-order chi connectivity index (χ0) is 14.7. The molecule has 0 amide bonds. The smallest absolute Gasteiger partial charge is 0.145 e. The highest BCUT2D eigenvalue weighted by molar-refractivity contribution is 5.83. The number of hydrogen-bond acceptors (Lipinski definition) is 3. The minimum atomic E-state index is 0.734. The lowest BCUT2D eigenvalue weighted by Crippen LogP contribution is -2.02. The summed E-state index contributed by atoms with van der Waals surface area (Å²) >= 11 is 0. The molecule has 4 nitrogen and oxygen atoms in total. The van der Waals surface area contributed by atoms with Crippen molar-refractivity contribution >= 4 is 16.6 Å². The summed E-state index contributed by atoms with van der Waals surface area (Å²) in [7, 11) is 3.31. The predicted octanol–water partition coefficient (Wildman–Crippen LogP) is 3.80. The van der Waals surface area contributed by atoms with E-state index >= 15 is 0 Å². The molecule has 0 bridgehead atoms. The monoisotopic (exact) mass is 282 g/mol. The summed E-state index contributed by atoms with van der Waals surface area (Å²) in [6.45, 7) is 0.734. The maximum absolute atomic E-state index is 5.40. The Morgan fingerprint density at radius 3 is 2.76 bits per heavy atom. The Morgan fingerprint density at radius 1 is 1.05 bits per heavy atom. The first-order valence-electron chi connectivity index (χ1n) is 6.82. The van der Waals surface area contributed by atoms with Crippen molar-refractivity contribution in [2.45, 2.75) is 6.54 Å². The predicted molar refractivity (Wildman–Crippen MR) is 85.2 cm³/mol. The Balaban J connectivity index is 1.83. The number of benzene rings is 2. The standard InChI is InChI=1S/C17H18N2O2/c1-20-13-6-7-16(17(10-13)21-2)19-11-12-4-3-5-15-14(12)8-9-18-15/h3-10,18-19H,11H2,1-2H3. The molecule has 0 atom stereocenters. The molecule has 1 aromatic heterocycles. The number of fused-ring (bicyclic) bond motifs is 1. The lowest BCUT2D eigenvalue weighted by atomic mass is 10.1. The van der Waals surface area contributed by atoms with E-state index in [2.05, 4.69) is 34.6 Å². The van der Waals surface area contributed by atoms with Crippen LogP contribution < -0.4 is 14.8 Å². The average molecular weight is 282 g/mol. The van der Waals surface area contributed by atoms with Crippen molar-refractivity contribution in [3.05, 3.63) is 54.2 Å². The molecule has 0 unspecified atom stereocenters. The number of H-pyrrole nitrogens is 1. The molecule has 0 saturated heterocycles. The van der Waals surface area contributed by atoms with Crippen molar-refractivity contribution in [2.24, 2.45) is 0 Å². The van der Waals surface area contributed by atoms with E-state index in [0.717, 1.165) is 29.2 Å². The van der Waals surface area contributed by atoms with Crippen LogP contribution in [0, 0.1) is 0 Å². The molecule has 4 heteroatoms. The van der Waals surface area contributed by atoms with Gasteiger partial charge in [0, 0.05) is 29.7 Å². The number of anilines is 1. The fourth-order valence-corrected chi connectivity index (χ4v) is 2.44. The van der Waals surface area contributed by atoms with Crippen LogP contribution in [0.2, 0.25) is 0 Å². The topological polar surface area (TPSA) is 46.3 Å². The minimum Gasteiger partial charge on any atom is -0.497 e. The van der Waals surface area contributed by atoms with Crippen molar-refractivity contribution in [3.8, 4) is 11.5 Å². The molecule has 3 rings (SSSR count). The van der Waals surface area contributed by atoms with E-state index in [0.29, 0.717) is 0 Å². The third-order valence-corrected chi connectivity index (χ3v) is 3.56. The van der Waals surface area contributed by atoms with E-state index in [4.69, 9.17) is 9.47 Å². The number of methoxy groups -OCH3 is 2. The number of rotatable bonds is 5. The molecule has 0 fully saturated rings. The Bertz CT molecular complexity index is 749. The number of aromatic amines is 1. The van der Waals surface area contributed by atoms with Gasteiger partial charge in [0.25, 0.3) is 0 Å². The molecular weight excluding hydrogens is 264 g/mol. The van der Waals surface area contributed by atoms with Gasteiger partial charge in [0.05, 0.1) is 19.9 Å². The number of nitrogens with one attached hydrogen (secondary N) is 2. The second-order valence-corrected chi connectivity index (χ2v) is 4.78. The van der Waals surface area contributed by atoms with Gasteiger partial charge in [-0.1, -0.05) is 12.1 Å². The summed E-state index contributed by atoms with van der Waals surface area (Å²) in [4.78, 5) is 3.23. The quantitative estimate of drug-likeness (QED) is 0.748. The fraction of sp³-hybridized carbons (Fsp3) is 0.176. The Hall–Kier alpha value is -2.62. The maximum atomic E-state index is 5.40. The van der Waals surface area contributed by atoms with Gasteiger partial charge in [0.1, 0.15) is 11.5 Å². The molecule has 21 heavy (non-hydrogen) atoms. The highest BCUT2D eigenvalue weighted by Gasteiger charge is 2.06. The molecule has 0 aliphatic rings. The van der Waals surface area contributed by atoms with Crippen LogP contribution in [0.5, 0.6) is 11.5 Å². The normalized spacial score (nSPS) is 10.6. The summed E-state index contributed by atoms with van der Waals surface area (Å²) in [5.41, 5.74) is 3.34. The van der Waals surface area contributed by atoms with E-state index in [1.165, 1.54) is 10.9 Å². The lowest BCUT2D eigenvalue weighted by Gasteiger charge is -2.13. The van der Waals surface area contributed by atoms with Gasteiger partial charge in [-0.2, -0.15) is 0 Å². The van der Waals surface area contributed by atoms with Crippen LogP contribution in [0.1, 0.15) is 5.56 Å². The van der Waals surface area contributed by atoms with E-state index in [9.17, 15) is 0 Å². The molecule has 0 aliphatic heterocycles. The van der Waals surface area contributed by atoms with Crippen LogP contribution in [0.3, 0.4) is 0 Å². The first-order chi connectivity index (χ1) is 10.3. The first kappa shape index (κ1) is 13.4. The number of ether oxygens (including phenoxy) is 2. The largest absolute Gasteiger partial charge is 0.497 e. The third kappa shape index (κ3) is 2.65. The van der Waals surface area contributed by atoms with E-state index < -0.39 is 0 Å². The van der Waals surface area contributed by atoms with Gasteiger partial charge in [-0.05, 0) is 29.8 Å². The molecule has 0 saturated carbocycles. The second kappa shape index (κ2) is 5.79. The van der Waals surface area contributed by atoms with Crippen molar-refractivity contribution in [1.29, 1.82) is 0 Å². The van der Waals surface area contributed by atoms with Crippen LogP contribution in [-0.4, -0.2) is 19.2 Å². The van der Waals surface area contributed by atoms with E-state index in [1.807, 2.05) is 24.4 Å². The van der Waals surface area contributed by atoms with Crippen molar-refractivity contribution in [2.75, 3.05) is 19.5 Å². The van der Waals surface area contributed by atoms with Crippen LogP contribution in [0.4, 0.5) is 5.69 Å². The highest BCUT2D eigenvalue weighted by atomic mass is 16.5. The summed E-state index contributed by atoms with van der Waals surface area (Å²) in [6.07, 6.45) is 1.96. The minimum absolute atomic E-state index is 0.734. The molecular formula is C17H18N2O2. The van der Waals surface area contributed by atoms with Crippen molar-refractivity contribution in [1.82, 2.24) is 4.98 Å². The summed E-state index contributed by atoms with van der Waals surface area (Å²) in [5, 5.41) is 4.65. The number of aromatic nitrogens is 1. The molecule has 0 spiro atoms. The van der Waals surface area contributed by atoms with Gasteiger partial charge < -0.3 is 19.8 Å². The van der Waals surface area contributed by atoms with Crippen LogP contribution in [-0.2, 0) is 6.54 Å². The van der Waals surface area contributed by atoms with Crippen LogP contribution >= 0.6 is 0 Å². The zero-order valence-corrected chi connectivity index (χ0v) is 12.1. The SMILES string of the molecule is COc1ccc(NCc2cccc3[nH]ccc23)c(OC)c1. The highest BCUT2D eigenvalue weighted by Crippen LogP contribution is 2.29. The fourth-order valence-electron chi connectivity index (χ4n) is 2.44. The first-order valence-corrected chi connectivity index (χ1v) is 6.82. The van der Waals surface area contributed by atoms with Crippen LogP contribution in [0.15, 0.2) is 48.7 Å². The van der Waals surface area contributed by atoms with Gasteiger partial charge in [-0.25, -0.2) is 0 Å². The summed E-state index contributed by atoms with van der Waals surface area (Å²) < 4.78 is 10.6. The average Bonchev–Trinajstić information content (AvgIpc) is 3.01. The zero-order valence-electron chi connectivity index (χ0n) is 12.1.